The molecule has 17 heavy (non-hydrogen) atoms. The van der Waals surface area contributed by atoms with E-state index in [1.807, 2.05) is 24.5 Å². The van der Waals surface area contributed by atoms with Crippen LogP contribution in [0.5, 0.6) is 0 Å². The van der Waals surface area contributed by atoms with Crippen LogP contribution in [0.1, 0.15) is 6.92 Å². The second kappa shape index (κ2) is 9.33. The standard InChI is InChI=1S/C8H12N2.H4O5P2/c1-3-10(2)8-4-6-9-7-5-8;1-6(2)5-7(3)4/h4-7H,3H2,1-2H3;6-7H,(H,1,2)(H,3,4). The first-order valence-electron chi connectivity index (χ1n) is 4.72. The van der Waals surface area contributed by atoms with E-state index in [0.717, 1.165) is 6.54 Å². The number of hydrogen-bond donors (Lipinski definition) is 2. The average Bonchev–Trinajstić information content (AvgIpc) is 2.28. The molecule has 1 heterocycles. The Hall–Kier alpha value is -0.710. The van der Waals surface area contributed by atoms with E-state index in [2.05, 4.69) is 28.2 Å². The van der Waals surface area contributed by atoms with Gasteiger partial charge in [-0.3, -0.25) is 14.1 Å². The Morgan fingerprint density at radius 1 is 1.29 bits per heavy atom. The predicted molar refractivity (Wildman–Crippen MR) is 66.7 cm³/mol. The summed E-state index contributed by atoms with van der Waals surface area (Å²) in [6.45, 7) is 3.16. The van der Waals surface area contributed by atoms with Crippen LogP contribution in [0.2, 0.25) is 0 Å². The van der Waals surface area contributed by atoms with E-state index in [9.17, 15) is 9.13 Å². The maximum Gasteiger partial charge on any atom is 0.323 e. The molecule has 0 saturated carbocycles. The van der Waals surface area contributed by atoms with E-state index in [1.165, 1.54) is 5.69 Å². The lowest BCUT2D eigenvalue weighted by Crippen LogP contribution is -2.15. The van der Waals surface area contributed by atoms with Gasteiger partial charge in [0.2, 0.25) is 0 Å². The number of pyridine rings is 1. The summed E-state index contributed by atoms with van der Waals surface area (Å²) in [5.74, 6) is 0. The highest BCUT2D eigenvalue weighted by Gasteiger charge is 1.93. The third-order valence-corrected chi connectivity index (χ3v) is 3.15. The molecule has 0 spiro atoms. The molecule has 9 heteroatoms. The maximum absolute atomic E-state index is 9.44. The number of hydrogen-bond acceptors (Lipinski definition) is 5. The van der Waals surface area contributed by atoms with E-state index in [-0.39, 0.29) is 0 Å². The minimum atomic E-state index is -3.20. The van der Waals surface area contributed by atoms with Crippen LogP contribution >= 0.6 is 16.5 Å². The zero-order chi connectivity index (χ0) is 13.3. The van der Waals surface area contributed by atoms with E-state index in [0.29, 0.717) is 0 Å². The summed E-state index contributed by atoms with van der Waals surface area (Å²) in [5.41, 5.74) is 1.22. The molecule has 0 aromatic carbocycles. The summed E-state index contributed by atoms with van der Waals surface area (Å²) in [6, 6.07) is 4.01. The van der Waals surface area contributed by atoms with Gasteiger partial charge in [0.15, 0.2) is 0 Å². The van der Waals surface area contributed by atoms with Gasteiger partial charge in [0, 0.05) is 31.7 Å². The first kappa shape index (κ1) is 16.3. The zero-order valence-corrected chi connectivity index (χ0v) is 11.5. The summed E-state index contributed by atoms with van der Waals surface area (Å²) < 4.78 is 22.3. The highest BCUT2D eigenvalue weighted by atomic mass is 31.2. The highest BCUT2D eigenvalue weighted by Crippen LogP contribution is 2.30. The van der Waals surface area contributed by atoms with Crippen molar-refractivity contribution < 1.29 is 23.2 Å². The molecule has 1 aromatic heterocycles. The molecule has 0 saturated heterocycles. The first-order valence-corrected chi connectivity index (χ1v) is 7.25. The van der Waals surface area contributed by atoms with Gasteiger partial charge in [-0.05, 0) is 19.1 Å². The molecule has 2 unspecified atom stereocenters. The van der Waals surface area contributed by atoms with Gasteiger partial charge in [0.05, 0.1) is 0 Å². The average molecular weight is 282 g/mol. The molecule has 1 rings (SSSR count). The summed E-state index contributed by atoms with van der Waals surface area (Å²) in [7, 11) is -4.34. The SMILES string of the molecule is CCN(C)c1ccncc1.O=[PH](O)O[PH](=O)O. The van der Waals surface area contributed by atoms with Crippen LogP contribution in [0, 0.1) is 0 Å². The zero-order valence-electron chi connectivity index (χ0n) is 9.53. The molecule has 98 valence electrons. The Morgan fingerprint density at radius 2 is 1.76 bits per heavy atom. The van der Waals surface area contributed by atoms with Crippen molar-refractivity contribution in [2.75, 3.05) is 18.5 Å². The van der Waals surface area contributed by atoms with Crippen molar-refractivity contribution in [3.8, 4) is 0 Å². The predicted octanol–water partition coefficient (Wildman–Crippen LogP) is 1.30. The second-order valence-electron chi connectivity index (χ2n) is 2.85. The topological polar surface area (TPSA) is 100.0 Å². The lowest BCUT2D eigenvalue weighted by molar-refractivity contribution is 0.371. The van der Waals surface area contributed by atoms with Crippen LogP contribution in [0.4, 0.5) is 5.69 Å². The van der Waals surface area contributed by atoms with Crippen molar-refractivity contribution in [2.24, 2.45) is 0 Å². The molecular weight excluding hydrogens is 266 g/mol. The van der Waals surface area contributed by atoms with Crippen molar-refractivity contribution >= 4 is 22.2 Å². The molecule has 0 aliphatic heterocycles. The van der Waals surface area contributed by atoms with Gasteiger partial charge in [-0.25, -0.2) is 4.31 Å². The largest absolute Gasteiger partial charge is 0.375 e. The normalized spacial score (nSPS) is 13.2. The van der Waals surface area contributed by atoms with Gasteiger partial charge in [0.1, 0.15) is 0 Å². The van der Waals surface area contributed by atoms with Crippen LogP contribution < -0.4 is 4.90 Å². The first-order chi connectivity index (χ1) is 7.97. The molecular formula is C8H16N2O5P2. The maximum atomic E-state index is 9.44. The molecule has 2 N–H and O–H groups in total. The Balaban J connectivity index is 0.000000325. The minimum absolute atomic E-state index is 1.03. The van der Waals surface area contributed by atoms with E-state index in [4.69, 9.17) is 9.79 Å². The molecule has 0 fully saturated rings. The summed E-state index contributed by atoms with van der Waals surface area (Å²) in [4.78, 5) is 21.5. The lowest BCUT2D eigenvalue weighted by atomic mass is 10.4. The second-order valence-corrected chi connectivity index (χ2v) is 4.73. The van der Waals surface area contributed by atoms with Gasteiger partial charge in [-0.1, -0.05) is 0 Å². The van der Waals surface area contributed by atoms with Crippen molar-refractivity contribution in [2.45, 2.75) is 6.92 Å². The van der Waals surface area contributed by atoms with E-state index >= 15 is 0 Å². The van der Waals surface area contributed by atoms with Crippen molar-refractivity contribution in [1.82, 2.24) is 4.98 Å². The van der Waals surface area contributed by atoms with E-state index < -0.39 is 16.5 Å². The summed E-state index contributed by atoms with van der Waals surface area (Å²) in [6.07, 6.45) is 3.61. The van der Waals surface area contributed by atoms with Gasteiger partial charge in [-0.2, -0.15) is 0 Å². The Kier molecular flexibility index (Phi) is 8.94. The quantitative estimate of drug-likeness (QED) is 0.803. The Bertz CT molecular complexity index is 350. The fourth-order valence-corrected chi connectivity index (χ4v) is 1.45. The van der Waals surface area contributed by atoms with Gasteiger partial charge in [-0.15, -0.1) is 0 Å². The molecule has 0 aliphatic rings. The van der Waals surface area contributed by atoms with Crippen molar-refractivity contribution in [3.63, 3.8) is 0 Å². The Morgan fingerprint density at radius 3 is 2.06 bits per heavy atom. The molecule has 1 aromatic rings. The van der Waals surface area contributed by atoms with Crippen LogP contribution in [-0.2, 0) is 13.4 Å². The highest BCUT2D eigenvalue weighted by molar-refractivity contribution is 7.46. The van der Waals surface area contributed by atoms with Crippen molar-refractivity contribution in [1.29, 1.82) is 0 Å². The third kappa shape index (κ3) is 9.03. The molecule has 0 amide bonds. The fraction of sp³-hybridized carbons (Fsp3) is 0.375. The molecule has 0 radical (unpaired) electrons. The summed E-state index contributed by atoms with van der Waals surface area (Å²) >= 11 is 0. The van der Waals surface area contributed by atoms with Crippen LogP contribution in [-0.4, -0.2) is 28.4 Å². The van der Waals surface area contributed by atoms with Crippen LogP contribution in [0.3, 0.4) is 0 Å². The molecule has 2 atom stereocenters. The monoisotopic (exact) mass is 282 g/mol. The number of anilines is 1. The fourth-order valence-electron chi connectivity index (χ4n) is 0.856. The van der Waals surface area contributed by atoms with Gasteiger partial charge in [0.25, 0.3) is 0 Å². The van der Waals surface area contributed by atoms with Gasteiger partial charge >= 0.3 is 16.5 Å². The Labute approximate surface area is 101 Å². The third-order valence-electron chi connectivity index (χ3n) is 1.75. The van der Waals surface area contributed by atoms with Gasteiger partial charge < -0.3 is 14.7 Å². The molecule has 7 nitrogen and oxygen atoms in total. The van der Waals surface area contributed by atoms with Crippen LogP contribution in [0.15, 0.2) is 24.5 Å². The van der Waals surface area contributed by atoms with E-state index in [1.54, 1.807) is 0 Å². The number of aromatic nitrogens is 1. The minimum Gasteiger partial charge on any atom is -0.375 e. The smallest absolute Gasteiger partial charge is 0.323 e. The molecule has 0 bridgehead atoms. The summed E-state index contributed by atoms with van der Waals surface area (Å²) in [5, 5.41) is 0. The van der Waals surface area contributed by atoms with Crippen molar-refractivity contribution in [3.05, 3.63) is 24.5 Å². The number of rotatable bonds is 4. The number of nitrogens with zero attached hydrogens (tertiary/aromatic N) is 2. The molecule has 0 aliphatic carbocycles. The van der Waals surface area contributed by atoms with Crippen LogP contribution in [0.25, 0.3) is 0 Å². The lowest BCUT2D eigenvalue weighted by Gasteiger charge is -2.15.